The first-order chi connectivity index (χ1) is 12.4. The van der Waals surface area contributed by atoms with Crippen LogP contribution in [0.25, 0.3) is 12.2 Å². The Balaban J connectivity index is 1.66. The summed E-state index contributed by atoms with van der Waals surface area (Å²) in [5, 5.41) is 1.28. The van der Waals surface area contributed by atoms with E-state index >= 15 is 0 Å². The molecule has 1 N–H and O–H groups in total. The van der Waals surface area contributed by atoms with Gasteiger partial charge in [0.2, 0.25) is 6.79 Å². The van der Waals surface area contributed by atoms with Crippen molar-refractivity contribution in [2.45, 2.75) is 0 Å². The number of amides is 1. The summed E-state index contributed by atoms with van der Waals surface area (Å²) in [7, 11) is -3.90. The van der Waals surface area contributed by atoms with Gasteiger partial charge in [0.1, 0.15) is 0 Å². The van der Waals surface area contributed by atoms with E-state index in [-0.39, 0.29) is 6.79 Å². The number of halogens is 1. The second-order valence-electron chi connectivity index (χ2n) is 5.29. The lowest BCUT2D eigenvalue weighted by molar-refractivity contribution is -0.114. The summed E-state index contributed by atoms with van der Waals surface area (Å²) < 4.78 is 36.2. The second-order valence-corrected chi connectivity index (χ2v) is 7.27. The number of carbonyl (C=O) groups excluding carboxylic acids is 1. The van der Waals surface area contributed by atoms with Gasteiger partial charge in [-0.1, -0.05) is 41.9 Å². The molecule has 134 valence electrons. The van der Waals surface area contributed by atoms with Gasteiger partial charge >= 0.3 is 0 Å². The van der Waals surface area contributed by atoms with Crippen LogP contribution in [-0.4, -0.2) is 21.1 Å². The van der Waals surface area contributed by atoms with E-state index < -0.39 is 15.9 Å². The third kappa shape index (κ3) is 4.65. The molecule has 0 atom stereocenters. The fraction of sp³-hybridized carbons (Fsp3) is 0.0556. The molecule has 6 nitrogen and oxygen atoms in total. The van der Waals surface area contributed by atoms with Crippen LogP contribution in [0.5, 0.6) is 11.5 Å². The first kappa shape index (κ1) is 18.0. The third-order valence-electron chi connectivity index (χ3n) is 3.36. The molecule has 8 heteroatoms. The number of benzene rings is 2. The zero-order chi connectivity index (χ0) is 18.6. The van der Waals surface area contributed by atoms with Crippen LogP contribution in [0.2, 0.25) is 5.02 Å². The lowest BCUT2D eigenvalue weighted by Gasteiger charge is -2.02. The van der Waals surface area contributed by atoms with Crippen molar-refractivity contribution in [1.82, 2.24) is 4.72 Å². The number of rotatable bonds is 5. The van der Waals surface area contributed by atoms with Crippen molar-refractivity contribution in [3.8, 4) is 11.5 Å². The highest BCUT2D eigenvalue weighted by Crippen LogP contribution is 2.40. The van der Waals surface area contributed by atoms with Crippen LogP contribution in [0.15, 0.2) is 53.9 Å². The topological polar surface area (TPSA) is 81.7 Å². The van der Waals surface area contributed by atoms with Crippen LogP contribution in [-0.2, 0) is 14.8 Å². The lowest BCUT2D eigenvalue weighted by Crippen LogP contribution is -2.26. The molecule has 1 aliphatic heterocycles. The van der Waals surface area contributed by atoms with E-state index in [4.69, 9.17) is 21.1 Å². The minimum atomic E-state index is -3.90. The Morgan fingerprint density at radius 3 is 2.62 bits per heavy atom. The number of carbonyl (C=O) groups is 1. The highest BCUT2D eigenvalue weighted by Gasteiger charge is 2.17. The second kappa shape index (κ2) is 7.63. The zero-order valence-corrected chi connectivity index (χ0v) is 15.0. The van der Waals surface area contributed by atoms with E-state index in [2.05, 4.69) is 0 Å². The first-order valence-electron chi connectivity index (χ1n) is 7.50. The number of hydrogen-bond donors (Lipinski definition) is 1. The molecule has 0 saturated heterocycles. The Kier molecular flexibility index (Phi) is 5.29. The maximum Gasteiger partial charge on any atom is 0.257 e. The fourth-order valence-electron chi connectivity index (χ4n) is 2.20. The van der Waals surface area contributed by atoms with E-state index in [0.29, 0.717) is 27.6 Å². The third-order valence-corrected chi connectivity index (χ3v) is 4.62. The summed E-state index contributed by atoms with van der Waals surface area (Å²) in [6.07, 6.45) is 3.93. The molecule has 0 radical (unpaired) electrons. The molecule has 0 saturated carbocycles. The van der Waals surface area contributed by atoms with Crippen molar-refractivity contribution < 1.29 is 22.7 Å². The molecule has 0 aliphatic carbocycles. The summed E-state index contributed by atoms with van der Waals surface area (Å²) in [4.78, 5) is 11.9. The molecule has 2 aromatic carbocycles. The molecule has 0 spiro atoms. The van der Waals surface area contributed by atoms with Gasteiger partial charge in [0.15, 0.2) is 11.5 Å². The molecular formula is C18H14ClNO5S. The summed E-state index contributed by atoms with van der Waals surface area (Å²) in [5.74, 6) is 0.134. The minimum absolute atomic E-state index is 0.0781. The Morgan fingerprint density at radius 1 is 1.08 bits per heavy atom. The SMILES string of the molecule is O=C(C=Cc1cc(Cl)c2c(c1)OCO2)NS(=O)(=O)C=Cc1ccccc1. The van der Waals surface area contributed by atoms with Crippen molar-refractivity contribution in [3.05, 3.63) is 70.1 Å². The van der Waals surface area contributed by atoms with Gasteiger partial charge in [0.25, 0.3) is 15.9 Å². The van der Waals surface area contributed by atoms with Crippen molar-refractivity contribution in [2.75, 3.05) is 6.79 Å². The molecule has 3 rings (SSSR count). The van der Waals surface area contributed by atoms with Gasteiger partial charge in [-0.05, 0) is 35.4 Å². The normalized spacial score (nSPS) is 13.4. The minimum Gasteiger partial charge on any atom is -0.454 e. The number of hydrogen-bond acceptors (Lipinski definition) is 5. The highest BCUT2D eigenvalue weighted by molar-refractivity contribution is 7.93. The van der Waals surface area contributed by atoms with Gasteiger partial charge in [0, 0.05) is 6.08 Å². The molecule has 0 bridgehead atoms. The van der Waals surface area contributed by atoms with Crippen LogP contribution in [0.3, 0.4) is 0 Å². The van der Waals surface area contributed by atoms with E-state index in [1.165, 1.54) is 12.2 Å². The molecule has 26 heavy (non-hydrogen) atoms. The molecule has 0 aromatic heterocycles. The smallest absolute Gasteiger partial charge is 0.257 e. The van der Waals surface area contributed by atoms with Crippen LogP contribution in [0.4, 0.5) is 0 Å². The fourth-order valence-corrected chi connectivity index (χ4v) is 3.22. The van der Waals surface area contributed by atoms with Crippen molar-refractivity contribution in [3.63, 3.8) is 0 Å². The lowest BCUT2D eigenvalue weighted by atomic mass is 10.2. The molecular weight excluding hydrogens is 378 g/mol. The molecule has 0 unspecified atom stereocenters. The standard InChI is InChI=1S/C18H14ClNO5S/c19-15-10-14(11-16-18(15)25-12-24-16)6-7-17(21)20-26(22,23)9-8-13-4-2-1-3-5-13/h1-11H,12H2,(H,20,21). The van der Waals surface area contributed by atoms with Gasteiger partial charge in [-0.25, -0.2) is 13.1 Å². The largest absolute Gasteiger partial charge is 0.454 e. The summed E-state index contributed by atoms with van der Waals surface area (Å²) in [6.45, 7) is 0.0781. The van der Waals surface area contributed by atoms with Gasteiger partial charge in [-0.2, -0.15) is 0 Å². The Bertz CT molecular complexity index is 984. The number of nitrogens with one attached hydrogen (secondary N) is 1. The van der Waals surface area contributed by atoms with E-state index in [1.807, 2.05) is 10.8 Å². The van der Waals surface area contributed by atoms with Gasteiger partial charge in [-0.3, -0.25) is 4.79 Å². The number of fused-ring (bicyclic) bond motifs is 1. The maximum atomic E-state index is 11.9. The van der Waals surface area contributed by atoms with Crippen LogP contribution < -0.4 is 14.2 Å². The first-order valence-corrected chi connectivity index (χ1v) is 9.42. The summed E-state index contributed by atoms with van der Waals surface area (Å²) in [5.41, 5.74) is 1.28. The molecule has 0 fully saturated rings. The quantitative estimate of drug-likeness (QED) is 0.791. The van der Waals surface area contributed by atoms with Crippen molar-refractivity contribution in [1.29, 1.82) is 0 Å². The van der Waals surface area contributed by atoms with E-state index in [9.17, 15) is 13.2 Å². The summed E-state index contributed by atoms with van der Waals surface area (Å²) in [6, 6.07) is 12.1. The van der Waals surface area contributed by atoms with Gasteiger partial charge in [-0.15, -0.1) is 0 Å². The summed E-state index contributed by atoms with van der Waals surface area (Å²) >= 11 is 6.05. The predicted molar refractivity (Wildman–Crippen MR) is 99.1 cm³/mol. The van der Waals surface area contributed by atoms with E-state index in [0.717, 1.165) is 11.5 Å². The number of sulfonamides is 1. The average molecular weight is 392 g/mol. The molecule has 1 heterocycles. The van der Waals surface area contributed by atoms with Gasteiger partial charge in [0.05, 0.1) is 10.4 Å². The molecule has 1 amide bonds. The molecule has 1 aliphatic rings. The predicted octanol–water partition coefficient (Wildman–Crippen LogP) is 3.20. The van der Waals surface area contributed by atoms with Crippen LogP contribution >= 0.6 is 11.6 Å². The maximum absolute atomic E-state index is 11.9. The van der Waals surface area contributed by atoms with Gasteiger partial charge < -0.3 is 9.47 Å². The average Bonchev–Trinajstić information content (AvgIpc) is 3.08. The Labute approximate surface area is 155 Å². The zero-order valence-electron chi connectivity index (χ0n) is 13.4. The van der Waals surface area contributed by atoms with E-state index in [1.54, 1.807) is 36.4 Å². The highest BCUT2D eigenvalue weighted by atomic mass is 35.5. The Morgan fingerprint density at radius 2 is 1.85 bits per heavy atom. The molecule has 2 aromatic rings. The van der Waals surface area contributed by atoms with Crippen molar-refractivity contribution in [2.24, 2.45) is 0 Å². The van der Waals surface area contributed by atoms with Crippen LogP contribution in [0, 0.1) is 0 Å². The monoisotopic (exact) mass is 391 g/mol. The Hall–Kier alpha value is -2.77. The van der Waals surface area contributed by atoms with Crippen molar-refractivity contribution >= 4 is 39.7 Å². The van der Waals surface area contributed by atoms with Crippen LogP contribution in [0.1, 0.15) is 11.1 Å². The number of ether oxygens (including phenoxy) is 2.